The smallest absolute Gasteiger partial charge is 0.325 e. The van der Waals surface area contributed by atoms with Crippen LogP contribution in [0.25, 0.3) is 0 Å². The molecular formula is C13H27NO5. The molecule has 0 aliphatic rings. The molecule has 6 heteroatoms. The maximum atomic E-state index is 11.6. The van der Waals surface area contributed by atoms with Crippen LogP contribution in [-0.2, 0) is 23.7 Å². The molecule has 0 rings (SSSR count). The van der Waals surface area contributed by atoms with Crippen molar-refractivity contribution in [3.63, 3.8) is 0 Å². The Bertz CT molecular complexity index is 237. The normalized spacial score (nSPS) is 14.1. The number of ether oxygens (including phenoxy) is 4. The minimum atomic E-state index is -0.646. The van der Waals surface area contributed by atoms with Gasteiger partial charge in [0.15, 0.2) is 0 Å². The molecule has 0 aromatic heterocycles. The van der Waals surface area contributed by atoms with Gasteiger partial charge in [0.2, 0.25) is 0 Å². The lowest BCUT2D eigenvalue weighted by Gasteiger charge is -2.25. The Labute approximate surface area is 115 Å². The molecule has 0 aliphatic heterocycles. The van der Waals surface area contributed by atoms with Crippen LogP contribution in [0.4, 0.5) is 0 Å². The topological polar surface area (TPSA) is 66.0 Å². The molecule has 6 nitrogen and oxygen atoms in total. The predicted molar refractivity (Wildman–Crippen MR) is 72.2 cm³/mol. The predicted octanol–water partition coefficient (Wildman–Crippen LogP) is 0.597. The Morgan fingerprint density at radius 3 is 2.16 bits per heavy atom. The van der Waals surface area contributed by atoms with Crippen LogP contribution in [0.5, 0.6) is 0 Å². The molecule has 0 heterocycles. The number of carbonyl (C=O) groups excluding carboxylic acids is 1. The third kappa shape index (κ3) is 8.15. The van der Waals surface area contributed by atoms with Gasteiger partial charge < -0.3 is 24.3 Å². The Morgan fingerprint density at radius 1 is 1.05 bits per heavy atom. The van der Waals surface area contributed by atoms with Gasteiger partial charge in [-0.1, -0.05) is 0 Å². The fourth-order valence-electron chi connectivity index (χ4n) is 1.55. The molecule has 0 radical (unpaired) electrons. The Morgan fingerprint density at radius 2 is 1.63 bits per heavy atom. The van der Waals surface area contributed by atoms with Crippen LogP contribution in [0.3, 0.4) is 0 Å². The minimum absolute atomic E-state index is 0.252. The molecule has 0 fully saturated rings. The van der Waals surface area contributed by atoms with Gasteiger partial charge >= 0.3 is 5.97 Å². The van der Waals surface area contributed by atoms with E-state index >= 15 is 0 Å². The van der Waals surface area contributed by atoms with Gasteiger partial charge in [-0.25, -0.2) is 0 Å². The standard InChI is InChI=1S/C13H27NO5/c1-13(14-2,12(15)17-4)6-5-7-18-10-11-19-9-8-16-3/h14H,5-11H2,1-4H3. The minimum Gasteiger partial charge on any atom is -0.468 e. The number of methoxy groups -OCH3 is 2. The average Bonchev–Trinajstić information content (AvgIpc) is 2.44. The Hall–Kier alpha value is -0.690. The van der Waals surface area contributed by atoms with E-state index in [1.54, 1.807) is 14.2 Å². The summed E-state index contributed by atoms with van der Waals surface area (Å²) in [5.74, 6) is -0.252. The van der Waals surface area contributed by atoms with Crippen LogP contribution in [-0.4, -0.2) is 65.8 Å². The van der Waals surface area contributed by atoms with Crippen molar-refractivity contribution in [2.75, 3.05) is 54.3 Å². The second kappa shape index (κ2) is 11.2. The first-order chi connectivity index (χ1) is 9.10. The first-order valence-electron chi connectivity index (χ1n) is 6.52. The largest absolute Gasteiger partial charge is 0.468 e. The summed E-state index contributed by atoms with van der Waals surface area (Å²) >= 11 is 0. The quantitative estimate of drug-likeness (QED) is 0.416. The first kappa shape index (κ1) is 18.3. The summed E-state index contributed by atoms with van der Waals surface area (Å²) < 4.78 is 20.3. The molecule has 0 saturated carbocycles. The van der Waals surface area contributed by atoms with Gasteiger partial charge in [-0.3, -0.25) is 4.79 Å². The molecule has 1 N–H and O–H groups in total. The van der Waals surface area contributed by atoms with Crippen molar-refractivity contribution in [2.45, 2.75) is 25.3 Å². The number of hydrogen-bond acceptors (Lipinski definition) is 6. The van der Waals surface area contributed by atoms with E-state index in [-0.39, 0.29) is 5.97 Å². The van der Waals surface area contributed by atoms with Crippen molar-refractivity contribution < 1.29 is 23.7 Å². The lowest BCUT2D eigenvalue weighted by molar-refractivity contribution is -0.148. The lowest BCUT2D eigenvalue weighted by Crippen LogP contribution is -2.48. The molecule has 0 amide bonds. The molecular weight excluding hydrogens is 250 g/mol. The fourth-order valence-corrected chi connectivity index (χ4v) is 1.55. The van der Waals surface area contributed by atoms with Gasteiger partial charge in [-0.2, -0.15) is 0 Å². The zero-order chi connectivity index (χ0) is 14.6. The van der Waals surface area contributed by atoms with Crippen molar-refractivity contribution in [2.24, 2.45) is 0 Å². The van der Waals surface area contributed by atoms with E-state index in [9.17, 15) is 4.79 Å². The van der Waals surface area contributed by atoms with Crippen LogP contribution in [0.2, 0.25) is 0 Å². The maximum Gasteiger partial charge on any atom is 0.325 e. The summed E-state index contributed by atoms with van der Waals surface area (Å²) in [6.45, 7) is 4.72. The summed E-state index contributed by atoms with van der Waals surface area (Å²) in [5, 5.41) is 2.99. The Kier molecular flexibility index (Phi) is 10.8. The third-order valence-corrected chi connectivity index (χ3v) is 2.96. The molecule has 0 aromatic rings. The van der Waals surface area contributed by atoms with Crippen LogP contribution in [0.1, 0.15) is 19.8 Å². The highest BCUT2D eigenvalue weighted by Gasteiger charge is 2.31. The van der Waals surface area contributed by atoms with E-state index in [0.717, 1.165) is 6.42 Å². The molecule has 0 aromatic carbocycles. The molecule has 0 bridgehead atoms. The molecule has 1 unspecified atom stereocenters. The number of esters is 1. The second-order valence-electron chi connectivity index (χ2n) is 4.39. The number of nitrogens with one attached hydrogen (secondary N) is 1. The molecule has 19 heavy (non-hydrogen) atoms. The van der Waals surface area contributed by atoms with Crippen LogP contribution in [0, 0.1) is 0 Å². The van der Waals surface area contributed by atoms with Crippen LogP contribution in [0.15, 0.2) is 0 Å². The zero-order valence-electron chi connectivity index (χ0n) is 12.5. The van der Waals surface area contributed by atoms with E-state index in [2.05, 4.69) is 5.32 Å². The molecule has 1 atom stereocenters. The molecule has 0 spiro atoms. The summed E-state index contributed by atoms with van der Waals surface area (Å²) in [5.41, 5.74) is -0.646. The SMILES string of the molecule is CNC(C)(CCCOCCOCCOC)C(=O)OC. The maximum absolute atomic E-state index is 11.6. The summed E-state index contributed by atoms with van der Waals surface area (Å²) in [6, 6.07) is 0. The molecule has 0 saturated heterocycles. The van der Waals surface area contributed by atoms with Crippen molar-refractivity contribution in [1.82, 2.24) is 5.32 Å². The third-order valence-electron chi connectivity index (χ3n) is 2.96. The number of carbonyl (C=O) groups is 1. The van der Waals surface area contributed by atoms with E-state index in [1.165, 1.54) is 7.11 Å². The fraction of sp³-hybridized carbons (Fsp3) is 0.923. The van der Waals surface area contributed by atoms with Crippen molar-refractivity contribution in [1.29, 1.82) is 0 Å². The number of likely N-dealkylation sites (N-methyl/N-ethyl adjacent to an activating group) is 1. The molecule has 114 valence electrons. The van der Waals surface area contributed by atoms with Crippen LogP contribution >= 0.6 is 0 Å². The van der Waals surface area contributed by atoms with Gasteiger partial charge in [0.1, 0.15) is 5.54 Å². The van der Waals surface area contributed by atoms with E-state index in [1.807, 2.05) is 6.92 Å². The van der Waals surface area contributed by atoms with E-state index in [0.29, 0.717) is 39.5 Å². The van der Waals surface area contributed by atoms with Gasteiger partial charge in [0.05, 0.1) is 33.5 Å². The van der Waals surface area contributed by atoms with Crippen LogP contribution < -0.4 is 5.32 Å². The number of hydrogen-bond donors (Lipinski definition) is 1. The lowest BCUT2D eigenvalue weighted by atomic mass is 9.96. The van der Waals surface area contributed by atoms with Gasteiger partial charge in [0, 0.05) is 13.7 Å². The number of rotatable bonds is 12. The summed E-state index contributed by atoms with van der Waals surface area (Å²) in [6.07, 6.45) is 1.45. The van der Waals surface area contributed by atoms with Gasteiger partial charge in [-0.05, 0) is 26.8 Å². The van der Waals surface area contributed by atoms with Gasteiger partial charge in [0.25, 0.3) is 0 Å². The van der Waals surface area contributed by atoms with Crippen molar-refractivity contribution >= 4 is 5.97 Å². The van der Waals surface area contributed by atoms with Crippen molar-refractivity contribution in [3.05, 3.63) is 0 Å². The summed E-state index contributed by atoms with van der Waals surface area (Å²) in [7, 11) is 4.78. The van der Waals surface area contributed by atoms with Gasteiger partial charge in [-0.15, -0.1) is 0 Å². The Balaban J connectivity index is 3.54. The second-order valence-corrected chi connectivity index (χ2v) is 4.39. The first-order valence-corrected chi connectivity index (χ1v) is 6.52. The van der Waals surface area contributed by atoms with E-state index < -0.39 is 5.54 Å². The highest BCUT2D eigenvalue weighted by molar-refractivity contribution is 5.80. The highest BCUT2D eigenvalue weighted by Crippen LogP contribution is 2.13. The highest BCUT2D eigenvalue weighted by atomic mass is 16.5. The monoisotopic (exact) mass is 277 g/mol. The van der Waals surface area contributed by atoms with E-state index in [4.69, 9.17) is 18.9 Å². The average molecular weight is 277 g/mol. The zero-order valence-corrected chi connectivity index (χ0v) is 12.5. The van der Waals surface area contributed by atoms with Crippen molar-refractivity contribution in [3.8, 4) is 0 Å². The molecule has 0 aliphatic carbocycles. The summed E-state index contributed by atoms with van der Waals surface area (Å²) in [4.78, 5) is 11.6.